The summed E-state index contributed by atoms with van der Waals surface area (Å²) in [5.41, 5.74) is -6.78. The lowest BCUT2D eigenvalue weighted by Crippen LogP contribution is -2.73. The van der Waals surface area contributed by atoms with Crippen LogP contribution >= 0.6 is 0 Å². The molecule has 4 aliphatic carbocycles. The van der Waals surface area contributed by atoms with Gasteiger partial charge in [-0.3, -0.25) is 0 Å². The minimum Gasteiger partial charge on any atom is -0.456 e. The molecule has 61 heavy (non-hydrogen) atoms. The molecule has 0 spiro atoms. The minimum atomic E-state index is -8.65. The Balaban J connectivity index is 2.17. The maximum atomic E-state index is 15.0. The van der Waals surface area contributed by atoms with Gasteiger partial charge >= 0.3 is 89.3 Å². The predicted octanol–water partition coefficient (Wildman–Crippen LogP) is 8.74. The monoisotopic (exact) mass is 948 g/mol. The van der Waals surface area contributed by atoms with Crippen molar-refractivity contribution in [1.29, 1.82) is 0 Å². The van der Waals surface area contributed by atoms with Crippen LogP contribution in [0.15, 0.2) is 12.2 Å². The van der Waals surface area contributed by atoms with Crippen LogP contribution in [0.2, 0.25) is 0 Å². The van der Waals surface area contributed by atoms with Crippen molar-refractivity contribution in [2.75, 3.05) is 6.61 Å². The summed E-state index contributed by atoms with van der Waals surface area (Å²) in [6, 6.07) is 0. The van der Waals surface area contributed by atoms with E-state index in [1.807, 2.05) is 0 Å². The highest BCUT2D eigenvalue weighted by molar-refractivity contribution is 5.88. The fourth-order valence-corrected chi connectivity index (χ4v) is 7.08. The molecule has 0 radical (unpaired) electrons. The van der Waals surface area contributed by atoms with Crippen molar-refractivity contribution in [3.8, 4) is 0 Å². The van der Waals surface area contributed by atoms with Gasteiger partial charge in [-0.2, -0.15) is 101 Å². The first kappa shape index (κ1) is 51.4. The molecule has 0 aliphatic heterocycles. The Morgan fingerprint density at radius 1 is 0.590 bits per heavy atom. The van der Waals surface area contributed by atoms with Crippen LogP contribution in [0.5, 0.6) is 0 Å². The number of halogens is 23. The lowest BCUT2D eigenvalue weighted by atomic mass is 9.50. The van der Waals surface area contributed by atoms with Crippen LogP contribution in [0.3, 0.4) is 0 Å². The van der Waals surface area contributed by atoms with Gasteiger partial charge in [0.25, 0.3) is 0 Å². The highest BCUT2D eigenvalue weighted by atomic mass is 19.4. The fraction of sp³-hybridized carbons (Fsp3) is 0.800. The molecule has 31 heteroatoms. The lowest BCUT2D eigenvalue weighted by Gasteiger charge is -2.62. The summed E-state index contributed by atoms with van der Waals surface area (Å²) in [7, 11) is 0. The van der Waals surface area contributed by atoms with Gasteiger partial charge in [-0.1, -0.05) is 6.58 Å². The predicted molar refractivity (Wildman–Crippen MR) is 145 cm³/mol. The van der Waals surface area contributed by atoms with Gasteiger partial charge in [0.2, 0.25) is 0 Å². The van der Waals surface area contributed by atoms with Crippen LogP contribution < -0.4 is 0 Å². The molecule has 4 aliphatic rings. The molecule has 0 amide bonds. The zero-order valence-electron chi connectivity index (χ0n) is 29.6. The summed E-state index contributed by atoms with van der Waals surface area (Å²) >= 11 is 0. The van der Waals surface area contributed by atoms with Crippen LogP contribution in [-0.4, -0.2) is 113 Å². The largest absolute Gasteiger partial charge is 0.460 e. The second-order valence-electron chi connectivity index (χ2n) is 14.5. The Bertz CT molecular complexity index is 1790. The average Bonchev–Trinajstić information content (AvgIpc) is 3.06. The van der Waals surface area contributed by atoms with E-state index in [-0.39, 0.29) is 5.57 Å². The third-order valence-corrected chi connectivity index (χ3v) is 9.84. The summed E-state index contributed by atoms with van der Waals surface area (Å²) in [6.07, 6.45) is -17.1. The smallest absolute Gasteiger partial charge is 0.456 e. The summed E-state index contributed by atoms with van der Waals surface area (Å²) < 4.78 is 338. The lowest BCUT2D eigenvalue weighted by molar-refractivity contribution is -0.437. The molecule has 5 atom stereocenters. The molecule has 0 N–H and O–H groups in total. The Kier molecular flexibility index (Phi) is 12.2. The van der Waals surface area contributed by atoms with Crippen LogP contribution in [-0.2, 0) is 38.1 Å². The van der Waals surface area contributed by atoms with E-state index in [4.69, 9.17) is 4.74 Å². The van der Waals surface area contributed by atoms with E-state index >= 15 is 0 Å². The number of hydrogen-bond donors (Lipinski definition) is 0. The highest BCUT2D eigenvalue weighted by Crippen LogP contribution is 2.65. The number of esters is 4. The number of carbonyl (C=O) groups excluding carboxylic acids is 4. The molecule has 5 unspecified atom stereocenters. The minimum absolute atomic E-state index is 0.381. The van der Waals surface area contributed by atoms with Crippen molar-refractivity contribution in [2.45, 2.75) is 129 Å². The molecule has 4 saturated carbocycles. The van der Waals surface area contributed by atoms with Crippen molar-refractivity contribution in [1.82, 2.24) is 0 Å². The molecule has 0 aromatic heterocycles. The van der Waals surface area contributed by atoms with Crippen LogP contribution in [0.1, 0.15) is 46.0 Å². The van der Waals surface area contributed by atoms with Crippen LogP contribution in [0.25, 0.3) is 0 Å². The van der Waals surface area contributed by atoms with Crippen LogP contribution in [0.4, 0.5) is 101 Å². The van der Waals surface area contributed by atoms with Gasteiger partial charge < -0.3 is 18.9 Å². The third-order valence-electron chi connectivity index (χ3n) is 9.84. The molecule has 8 nitrogen and oxygen atoms in total. The van der Waals surface area contributed by atoms with Gasteiger partial charge in [-0.15, -0.1) is 0 Å². The molecule has 352 valence electrons. The van der Waals surface area contributed by atoms with Crippen molar-refractivity contribution >= 4 is 23.9 Å². The topological polar surface area (TPSA) is 105 Å². The molecular weight excluding hydrogens is 925 g/mol. The van der Waals surface area contributed by atoms with E-state index in [0.717, 1.165) is 6.92 Å². The number of alkyl halides is 23. The zero-order chi connectivity index (χ0) is 48.2. The van der Waals surface area contributed by atoms with E-state index in [1.54, 1.807) is 0 Å². The molecule has 4 fully saturated rings. The number of rotatable bonds is 16. The standard InChI is InChI=1S/C30H23F23O8/c1-10(2)15(55)58-8-13(54)60-19-5-11-4-12(7-19)14(59-16(56)21(33,34)24(39,40)26(43,44)23(37,38)18(3,31)32)20(6-11,9-19)61-17(57)22(35,36)25(41,42)27(45,46)28(47,48)29(49,50)30(51,52)53/h11-12,14H,1,4-9H2,2-3H3. The number of ether oxygens (including phenoxy) is 4. The summed E-state index contributed by atoms with van der Waals surface area (Å²) in [5.74, 6) is -94.2. The maximum Gasteiger partial charge on any atom is 0.460 e. The van der Waals surface area contributed by atoms with Gasteiger partial charge in [0, 0.05) is 24.8 Å². The van der Waals surface area contributed by atoms with Gasteiger partial charge in [-0.25, -0.2) is 19.2 Å². The Morgan fingerprint density at radius 3 is 1.48 bits per heavy atom. The second kappa shape index (κ2) is 14.5. The molecule has 0 aromatic rings. The van der Waals surface area contributed by atoms with E-state index < -0.39 is 164 Å². The summed E-state index contributed by atoms with van der Waals surface area (Å²) in [6.45, 7) is 1.54. The molecule has 0 saturated heterocycles. The molecular formula is C30H23F23O8. The average molecular weight is 948 g/mol. The fourth-order valence-electron chi connectivity index (χ4n) is 7.08. The molecule has 4 rings (SSSR count). The molecule has 4 bridgehead atoms. The SMILES string of the molecule is C=C(C)C(=O)OCC(=O)OC12CC3CC(C1)C(OC(=O)C(F)(F)C(F)(F)C(F)(F)C(F)(F)C(C)(F)F)C(OC(=O)C(F)(F)C(F)(F)C(F)(F)C(F)(F)C(F)(F)C(F)(F)F)(C3)C2. The molecule has 0 heterocycles. The van der Waals surface area contributed by atoms with E-state index in [0.29, 0.717) is 0 Å². The first-order chi connectivity index (χ1) is 26.7. The number of carbonyl (C=O) groups is 4. The van der Waals surface area contributed by atoms with E-state index in [1.165, 1.54) is 0 Å². The first-order valence-electron chi connectivity index (χ1n) is 16.1. The van der Waals surface area contributed by atoms with Gasteiger partial charge in [0.05, 0.1) is 0 Å². The van der Waals surface area contributed by atoms with Gasteiger partial charge in [0.1, 0.15) is 11.7 Å². The number of hydrogen-bond acceptors (Lipinski definition) is 8. The normalized spacial score (nSPS) is 25.8. The van der Waals surface area contributed by atoms with E-state index in [9.17, 15) is 120 Å². The second-order valence-corrected chi connectivity index (χ2v) is 14.5. The maximum absolute atomic E-state index is 15.0. The van der Waals surface area contributed by atoms with Crippen molar-refractivity contribution in [3.63, 3.8) is 0 Å². The van der Waals surface area contributed by atoms with E-state index in [2.05, 4.69) is 20.8 Å². The van der Waals surface area contributed by atoms with Crippen LogP contribution in [0, 0.1) is 11.8 Å². The Labute approximate surface area is 323 Å². The zero-order valence-corrected chi connectivity index (χ0v) is 29.6. The first-order valence-corrected chi connectivity index (χ1v) is 16.1. The van der Waals surface area contributed by atoms with Gasteiger partial charge in [0.15, 0.2) is 12.2 Å². The quantitative estimate of drug-likeness (QED) is 0.0656. The van der Waals surface area contributed by atoms with Crippen molar-refractivity contribution < 1.29 is 139 Å². The van der Waals surface area contributed by atoms with Gasteiger partial charge in [-0.05, 0) is 38.5 Å². The summed E-state index contributed by atoms with van der Waals surface area (Å²) in [5, 5.41) is 0. The highest BCUT2D eigenvalue weighted by Gasteiger charge is 2.92. The third kappa shape index (κ3) is 7.56. The molecule has 0 aromatic carbocycles. The van der Waals surface area contributed by atoms with Crippen molar-refractivity contribution in [3.05, 3.63) is 12.2 Å². The Hall–Kier alpha value is -3.99. The Morgan fingerprint density at radius 2 is 1.03 bits per heavy atom. The summed E-state index contributed by atoms with van der Waals surface area (Å²) in [4.78, 5) is 49.3. The van der Waals surface area contributed by atoms with Crippen molar-refractivity contribution in [2.24, 2.45) is 11.8 Å².